The molecule has 0 aliphatic heterocycles. The molecule has 92 valence electrons. The molecule has 0 amide bonds. The maximum absolute atomic E-state index is 5.58. The fourth-order valence-electron chi connectivity index (χ4n) is 1.58. The Kier molecular flexibility index (Phi) is 4.56. The zero-order chi connectivity index (χ0) is 11.9. The van der Waals surface area contributed by atoms with Crippen LogP contribution in [0.3, 0.4) is 0 Å². The maximum atomic E-state index is 5.58. The first-order chi connectivity index (χ1) is 8.38. The van der Waals surface area contributed by atoms with E-state index in [9.17, 15) is 0 Å². The van der Waals surface area contributed by atoms with Crippen LogP contribution >= 0.6 is 0 Å². The van der Waals surface area contributed by atoms with Gasteiger partial charge in [0, 0.05) is 18.7 Å². The van der Waals surface area contributed by atoms with E-state index in [1.807, 2.05) is 24.3 Å². The van der Waals surface area contributed by atoms with Gasteiger partial charge in [-0.05, 0) is 31.7 Å². The summed E-state index contributed by atoms with van der Waals surface area (Å²) >= 11 is 0. The van der Waals surface area contributed by atoms with Gasteiger partial charge in [-0.1, -0.05) is 12.1 Å². The summed E-state index contributed by atoms with van der Waals surface area (Å²) in [4.78, 5) is 4.46. The van der Waals surface area contributed by atoms with Crippen LogP contribution in [0.25, 0.3) is 0 Å². The van der Waals surface area contributed by atoms with Crippen molar-refractivity contribution >= 4 is 0 Å². The van der Waals surface area contributed by atoms with E-state index in [1.165, 1.54) is 12.8 Å². The molecule has 0 atom stereocenters. The van der Waals surface area contributed by atoms with E-state index in [1.54, 1.807) is 0 Å². The minimum atomic E-state index is 0.707. The van der Waals surface area contributed by atoms with E-state index < -0.39 is 0 Å². The van der Waals surface area contributed by atoms with Gasteiger partial charge in [-0.3, -0.25) is 0 Å². The number of nitrogens with one attached hydrogen (secondary N) is 1. The molecule has 0 bridgehead atoms. The summed E-state index contributed by atoms with van der Waals surface area (Å²) in [5, 5.41) is 3.45. The number of allylic oxidation sites excluding steroid dienone is 1. The molecule has 0 spiro atoms. The topological polar surface area (TPSA) is 34.1 Å². The highest BCUT2D eigenvalue weighted by molar-refractivity contribution is 5.15. The van der Waals surface area contributed by atoms with Gasteiger partial charge >= 0.3 is 0 Å². The molecule has 0 aromatic carbocycles. The van der Waals surface area contributed by atoms with Gasteiger partial charge in [0.1, 0.15) is 0 Å². The Bertz CT molecular complexity index is 361. The highest BCUT2D eigenvalue weighted by atomic mass is 16.5. The van der Waals surface area contributed by atoms with Gasteiger partial charge in [0.15, 0.2) is 0 Å². The normalized spacial score (nSPS) is 14.6. The van der Waals surface area contributed by atoms with E-state index in [0.717, 1.165) is 31.0 Å². The summed E-state index contributed by atoms with van der Waals surface area (Å²) in [6.07, 6.45) is 6.50. The third-order valence-electron chi connectivity index (χ3n) is 2.73. The van der Waals surface area contributed by atoms with Crippen molar-refractivity contribution in [3.63, 3.8) is 0 Å². The molecule has 0 saturated heterocycles. The van der Waals surface area contributed by atoms with E-state index in [-0.39, 0.29) is 0 Å². The average Bonchev–Trinajstić information content (AvgIpc) is 3.17. The van der Waals surface area contributed by atoms with Gasteiger partial charge in [-0.2, -0.15) is 0 Å². The standard InChI is InChI=1S/C14H20N2O/c1-2-3-4-10-17-14-7-5-6-13(16-14)11-15-12-8-9-12/h2,5-7,12,15H,1,3-4,8-11H2. The Labute approximate surface area is 103 Å². The van der Waals surface area contributed by atoms with Gasteiger partial charge in [-0.25, -0.2) is 4.98 Å². The first kappa shape index (κ1) is 12.1. The van der Waals surface area contributed by atoms with Crippen molar-refractivity contribution in [2.45, 2.75) is 38.3 Å². The number of ether oxygens (including phenoxy) is 1. The molecule has 1 aromatic heterocycles. The highest BCUT2D eigenvalue weighted by Gasteiger charge is 2.20. The predicted molar refractivity (Wildman–Crippen MR) is 69.0 cm³/mol. The van der Waals surface area contributed by atoms with Gasteiger partial charge in [0.25, 0.3) is 0 Å². The Balaban J connectivity index is 1.75. The Hall–Kier alpha value is -1.35. The second-order valence-electron chi connectivity index (χ2n) is 4.40. The van der Waals surface area contributed by atoms with Crippen molar-refractivity contribution in [1.29, 1.82) is 0 Å². The first-order valence-corrected chi connectivity index (χ1v) is 6.31. The number of nitrogens with zero attached hydrogens (tertiary/aromatic N) is 1. The molecule has 1 N–H and O–H groups in total. The zero-order valence-corrected chi connectivity index (χ0v) is 10.2. The molecule has 17 heavy (non-hydrogen) atoms. The maximum Gasteiger partial charge on any atom is 0.213 e. The lowest BCUT2D eigenvalue weighted by Gasteiger charge is -2.07. The molecule has 1 aliphatic carbocycles. The smallest absolute Gasteiger partial charge is 0.213 e. The van der Waals surface area contributed by atoms with Crippen LogP contribution in [0.1, 0.15) is 31.4 Å². The fourth-order valence-corrected chi connectivity index (χ4v) is 1.58. The second-order valence-corrected chi connectivity index (χ2v) is 4.40. The van der Waals surface area contributed by atoms with Crippen molar-refractivity contribution in [3.05, 3.63) is 36.5 Å². The summed E-state index contributed by atoms with van der Waals surface area (Å²) in [6, 6.07) is 6.66. The van der Waals surface area contributed by atoms with E-state index in [2.05, 4.69) is 16.9 Å². The molecular weight excluding hydrogens is 212 g/mol. The van der Waals surface area contributed by atoms with Gasteiger partial charge < -0.3 is 10.1 Å². The van der Waals surface area contributed by atoms with Crippen LogP contribution in [0.5, 0.6) is 5.88 Å². The zero-order valence-electron chi connectivity index (χ0n) is 10.2. The van der Waals surface area contributed by atoms with Gasteiger partial charge in [0.2, 0.25) is 5.88 Å². The lowest BCUT2D eigenvalue weighted by atomic mass is 10.3. The summed E-state index contributed by atoms with van der Waals surface area (Å²) < 4.78 is 5.58. The number of pyridine rings is 1. The van der Waals surface area contributed by atoms with Crippen LogP contribution in [0.4, 0.5) is 0 Å². The second kappa shape index (κ2) is 6.40. The molecule has 1 aliphatic rings. The van der Waals surface area contributed by atoms with Crippen molar-refractivity contribution in [2.75, 3.05) is 6.61 Å². The minimum absolute atomic E-state index is 0.707. The quantitative estimate of drug-likeness (QED) is 0.552. The predicted octanol–water partition coefficient (Wildman–Crippen LogP) is 2.68. The Morgan fingerprint density at radius 3 is 3.12 bits per heavy atom. The molecule has 2 rings (SSSR count). The van der Waals surface area contributed by atoms with Crippen molar-refractivity contribution in [1.82, 2.24) is 10.3 Å². The Morgan fingerprint density at radius 1 is 1.47 bits per heavy atom. The summed E-state index contributed by atoms with van der Waals surface area (Å²) in [5.41, 5.74) is 1.05. The SMILES string of the molecule is C=CCCCOc1cccc(CNC2CC2)n1. The van der Waals surface area contributed by atoms with Crippen LogP contribution < -0.4 is 10.1 Å². The number of hydrogen-bond donors (Lipinski definition) is 1. The van der Waals surface area contributed by atoms with E-state index in [4.69, 9.17) is 4.74 Å². The highest BCUT2D eigenvalue weighted by Crippen LogP contribution is 2.19. The number of rotatable bonds is 8. The van der Waals surface area contributed by atoms with Gasteiger partial charge in [0.05, 0.1) is 12.3 Å². The fraction of sp³-hybridized carbons (Fsp3) is 0.500. The van der Waals surface area contributed by atoms with Crippen LogP contribution in [0.15, 0.2) is 30.9 Å². The molecule has 3 heteroatoms. The summed E-state index contributed by atoms with van der Waals surface area (Å²) in [7, 11) is 0. The lowest BCUT2D eigenvalue weighted by molar-refractivity contribution is 0.299. The van der Waals surface area contributed by atoms with E-state index >= 15 is 0 Å². The molecule has 1 fully saturated rings. The number of aromatic nitrogens is 1. The van der Waals surface area contributed by atoms with Crippen LogP contribution in [0.2, 0.25) is 0 Å². The van der Waals surface area contributed by atoms with E-state index in [0.29, 0.717) is 12.6 Å². The molecule has 0 unspecified atom stereocenters. The largest absolute Gasteiger partial charge is 0.478 e. The molecule has 1 heterocycles. The monoisotopic (exact) mass is 232 g/mol. The average molecular weight is 232 g/mol. The first-order valence-electron chi connectivity index (χ1n) is 6.31. The summed E-state index contributed by atoms with van der Waals surface area (Å²) in [5.74, 6) is 0.726. The van der Waals surface area contributed by atoms with Crippen LogP contribution in [-0.2, 0) is 6.54 Å². The van der Waals surface area contributed by atoms with Crippen LogP contribution in [0, 0.1) is 0 Å². The lowest BCUT2D eigenvalue weighted by Crippen LogP contribution is -2.16. The number of unbranched alkanes of at least 4 members (excludes halogenated alkanes) is 1. The molecular formula is C14H20N2O. The van der Waals surface area contributed by atoms with Crippen molar-refractivity contribution in [2.24, 2.45) is 0 Å². The van der Waals surface area contributed by atoms with Crippen molar-refractivity contribution < 1.29 is 4.74 Å². The summed E-state index contributed by atoms with van der Waals surface area (Å²) in [6.45, 7) is 5.24. The number of hydrogen-bond acceptors (Lipinski definition) is 3. The third-order valence-corrected chi connectivity index (χ3v) is 2.73. The minimum Gasteiger partial charge on any atom is -0.478 e. The molecule has 3 nitrogen and oxygen atoms in total. The van der Waals surface area contributed by atoms with Gasteiger partial charge in [-0.15, -0.1) is 6.58 Å². The Morgan fingerprint density at radius 2 is 2.35 bits per heavy atom. The third kappa shape index (κ3) is 4.57. The van der Waals surface area contributed by atoms with Crippen LogP contribution in [-0.4, -0.2) is 17.6 Å². The van der Waals surface area contributed by atoms with Crippen molar-refractivity contribution in [3.8, 4) is 5.88 Å². The molecule has 0 radical (unpaired) electrons. The molecule has 1 aromatic rings. The molecule has 1 saturated carbocycles.